The molecule has 0 saturated heterocycles. The molecular formula is C13H19F3N2O. The summed E-state index contributed by atoms with van der Waals surface area (Å²) in [4.78, 5) is 2.01. The van der Waals surface area contributed by atoms with Crippen molar-refractivity contribution in [2.75, 3.05) is 32.0 Å². The first-order valence-electron chi connectivity index (χ1n) is 6.12. The van der Waals surface area contributed by atoms with Crippen LogP contribution in [0.1, 0.15) is 12.5 Å². The van der Waals surface area contributed by atoms with Crippen LogP contribution in [-0.2, 0) is 11.3 Å². The van der Waals surface area contributed by atoms with E-state index in [1.54, 1.807) is 6.07 Å². The van der Waals surface area contributed by atoms with Crippen molar-refractivity contribution in [3.05, 3.63) is 29.8 Å². The number of nitrogens with zero attached hydrogens (tertiary/aromatic N) is 1. The smallest absolute Gasteiger partial charge is 0.399 e. The van der Waals surface area contributed by atoms with Crippen molar-refractivity contribution in [2.45, 2.75) is 19.6 Å². The molecule has 0 saturated carbocycles. The maximum absolute atomic E-state index is 11.9. The summed E-state index contributed by atoms with van der Waals surface area (Å²) in [5.74, 6) is 0. The Morgan fingerprint density at radius 3 is 2.63 bits per heavy atom. The molecule has 0 spiro atoms. The third-order valence-electron chi connectivity index (χ3n) is 2.62. The van der Waals surface area contributed by atoms with Gasteiger partial charge in [0, 0.05) is 18.8 Å². The van der Waals surface area contributed by atoms with Gasteiger partial charge in [-0.3, -0.25) is 4.90 Å². The maximum Gasteiger partial charge on any atom is 0.411 e. The first kappa shape index (κ1) is 15.8. The predicted molar refractivity (Wildman–Crippen MR) is 68.7 cm³/mol. The fourth-order valence-electron chi connectivity index (χ4n) is 1.68. The summed E-state index contributed by atoms with van der Waals surface area (Å²) < 4.78 is 40.3. The van der Waals surface area contributed by atoms with E-state index >= 15 is 0 Å². The maximum atomic E-state index is 11.9. The molecule has 19 heavy (non-hydrogen) atoms. The molecule has 108 valence electrons. The minimum absolute atomic E-state index is 0.0651. The van der Waals surface area contributed by atoms with Gasteiger partial charge in [0.15, 0.2) is 0 Å². The van der Waals surface area contributed by atoms with Crippen LogP contribution in [0.15, 0.2) is 24.3 Å². The van der Waals surface area contributed by atoms with Crippen LogP contribution < -0.4 is 5.73 Å². The van der Waals surface area contributed by atoms with Crippen LogP contribution in [0, 0.1) is 0 Å². The molecule has 0 heterocycles. The molecule has 0 unspecified atom stereocenters. The molecule has 3 nitrogen and oxygen atoms in total. The van der Waals surface area contributed by atoms with E-state index in [1.165, 1.54) is 0 Å². The van der Waals surface area contributed by atoms with Crippen molar-refractivity contribution in [1.82, 2.24) is 4.90 Å². The zero-order valence-corrected chi connectivity index (χ0v) is 10.9. The minimum Gasteiger partial charge on any atom is -0.399 e. The van der Waals surface area contributed by atoms with Crippen LogP contribution in [0.3, 0.4) is 0 Å². The average Bonchev–Trinajstić information content (AvgIpc) is 2.32. The highest BCUT2D eigenvalue weighted by atomic mass is 19.4. The molecule has 0 radical (unpaired) electrons. The minimum atomic E-state index is -4.26. The van der Waals surface area contributed by atoms with E-state index in [2.05, 4.69) is 4.74 Å². The van der Waals surface area contributed by atoms with E-state index < -0.39 is 12.8 Å². The molecule has 0 atom stereocenters. The number of hydrogen-bond donors (Lipinski definition) is 1. The van der Waals surface area contributed by atoms with Crippen LogP contribution in [-0.4, -0.2) is 37.4 Å². The van der Waals surface area contributed by atoms with Crippen molar-refractivity contribution in [3.8, 4) is 0 Å². The molecule has 0 amide bonds. The van der Waals surface area contributed by atoms with E-state index in [0.717, 1.165) is 12.1 Å². The van der Waals surface area contributed by atoms with E-state index in [-0.39, 0.29) is 6.61 Å². The van der Waals surface area contributed by atoms with E-state index in [9.17, 15) is 13.2 Å². The van der Waals surface area contributed by atoms with Crippen LogP contribution in [0.25, 0.3) is 0 Å². The number of hydrogen-bond acceptors (Lipinski definition) is 3. The quantitative estimate of drug-likeness (QED) is 0.614. The molecule has 2 N–H and O–H groups in total. The summed E-state index contributed by atoms with van der Waals surface area (Å²) in [6, 6.07) is 7.46. The molecule has 0 aliphatic heterocycles. The van der Waals surface area contributed by atoms with Gasteiger partial charge in [-0.15, -0.1) is 0 Å². The summed E-state index contributed by atoms with van der Waals surface area (Å²) in [5, 5.41) is 0. The van der Waals surface area contributed by atoms with Crippen LogP contribution in [0.5, 0.6) is 0 Å². The molecule has 1 aromatic carbocycles. The molecule has 0 aromatic heterocycles. The van der Waals surface area contributed by atoms with Crippen molar-refractivity contribution in [1.29, 1.82) is 0 Å². The van der Waals surface area contributed by atoms with Gasteiger partial charge in [0.1, 0.15) is 6.61 Å². The number of nitrogen functional groups attached to an aromatic ring is 1. The van der Waals surface area contributed by atoms with Crippen molar-refractivity contribution >= 4 is 5.69 Å². The Balaban J connectivity index is 2.34. The summed E-state index contributed by atoms with van der Waals surface area (Å²) >= 11 is 0. The summed E-state index contributed by atoms with van der Waals surface area (Å²) in [7, 11) is 0. The molecular weight excluding hydrogens is 257 g/mol. The summed E-state index contributed by atoms with van der Waals surface area (Å²) in [6.45, 7) is 2.68. The normalized spacial score (nSPS) is 12.1. The van der Waals surface area contributed by atoms with Crippen molar-refractivity contribution in [3.63, 3.8) is 0 Å². The van der Waals surface area contributed by atoms with Gasteiger partial charge in [0.05, 0.1) is 6.61 Å². The number of benzene rings is 1. The summed E-state index contributed by atoms with van der Waals surface area (Å²) in [6.07, 6.45) is -4.26. The molecule has 1 rings (SSSR count). The fourth-order valence-corrected chi connectivity index (χ4v) is 1.68. The van der Waals surface area contributed by atoms with Crippen LogP contribution in [0.4, 0.5) is 18.9 Å². The Labute approximate surface area is 111 Å². The van der Waals surface area contributed by atoms with E-state index in [0.29, 0.717) is 18.8 Å². The first-order chi connectivity index (χ1) is 8.90. The lowest BCUT2D eigenvalue weighted by molar-refractivity contribution is -0.174. The third-order valence-corrected chi connectivity index (χ3v) is 2.62. The number of rotatable bonds is 7. The number of likely N-dealkylation sites (N-methyl/N-ethyl adjacent to an activating group) is 1. The van der Waals surface area contributed by atoms with Gasteiger partial charge in [0.25, 0.3) is 0 Å². The predicted octanol–water partition coefficient (Wildman–Crippen LogP) is 2.67. The van der Waals surface area contributed by atoms with Crippen molar-refractivity contribution < 1.29 is 17.9 Å². The molecule has 6 heteroatoms. The highest BCUT2D eigenvalue weighted by Gasteiger charge is 2.27. The number of alkyl halides is 3. The Bertz CT molecular complexity index is 382. The number of anilines is 1. The van der Waals surface area contributed by atoms with Gasteiger partial charge in [0.2, 0.25) is 0 Å². The molecule has 0 bridgehead atoms. The Morgan fingerprint density at radius 2 is 2.05 bits per heavy atom. The van der Waals surface area contributed by atoms with Gasteiger partial charge >= 0.3 is 6.18 Å². The number of halogens is 3. The monoisotopic (exact) mass is 276 g/mol. The van der Waals surface area contributed by atoms with E-state index in [4.69, 9.17) is 5.73 Å². The Kier molecular flexibility index (Phi) is 6.11. The average molecular weight is 276 g/mol. The SMILES string of the molecule is CCN(CCOCC(F)(F)F)Cc1cccc(N)c1. The van der Waals surface area contributed by atoms with Gasteiger partial charge in [-0.2, -0.15) is 13.2 Å². The number of nitrogens with two attached hydrogens (primary N) is 1. The third kappa shape index (κ3) is 7.03. The van der Waals surface area contributed by atoms with Crippen LogP contribution >= 0.6 is 0 Å². The lowest BCUT2D eigenvalue weighted by atomic mass is 10.2. The zero-order chi connectivity index (χ0) is 14.3. The summed E-state index contributed by atoms with van der Waals surface area (Å²) in [5.41, 5.74) is 7.40. The van der Waals surface area contributed by atoms with Gasteiger partial charge in [-0.25, -0.2) is 0 Å². The lowest BCUT2D eigenvalue weighted by Gasteiger charge is -2.20. The largest absolute Gasteiger partial charge is 0.411 e. The van der Waals surface area contributed by atoms with Gasteiger partial charge in [-0.1, -0.05) is 19.1 Å². The van der Waals surface area contributed by atoms with Crippen molar-refractivity contribution in [2.24, 2.45) is 0 Å². The van der Waals surface area contributed by atoms with Gasteiger partial charge in [-0.05, 0) is 24.2 Å². The van der Waals surface area contributed by atoms with E-state index in [1.807, 2.05) is 30.0 Å². The molecule has 0 aliphatic carbocycles. The Hall–Kier alpha value is -1.27. The Morgan fingerprint density at radius 1 is 1.32 bits per heavy atom. The fraction of sp³-hybridized carbons (Fsp3) is 0.538. The first-order valence-corrected chi connectivity index (χ1v) is 6.12. The van der Waals surface area contributed by atoms with Crippen LogP contribution in [0.2, 0.25) is 0 Å². The lowest BCUT2D eigenvalue weighted by Crippen LogP contribution is -2.28. The number of ether oxygens (including phenoxy) is 1. The standard InChI is InChI=1S/C13H19F3N2O/c1-2-18(6-7-19-10-13(14,15)16)9-11-4-3-5-12(17)8-11/h3-5,8H,2,6-7,9-10,17H2,1H3. The zero-order valence-electron chi connectivity index (χ0n) is 10.9. The second-order valence-electron chi connectivity index (χ2n) is 4.28. The molecule has 1 aromatic rings. The highest BCUT2D eigenvalue weighted by molar-refractivity contribution is 5.40. The molecule has 0 fully saturated rings. The molecule has 0 aliphatic rings. The van der Waals surface area contributed by atoms with Gasteiger partial charge < -0.3 is 10.5 Å². The second-order valence-corrected chi connectivity index (χ2v) is 4.28. The highest BCUT2D eigenvalue weighted by Crippen LogP contribution is 2.14. The topological polar surface area (TPSA) is 38.5 Å². The second kappa shape index (κ2) is 7.35.